The van der Waals surface area contributed by atoms with Crippen molar-refractivity contribution in [3.05, 3.63) is 30.3 Å². The Hall–Kier alpha value is -1.39. The molecule has 0 spiro atoms. The Morgan fingerprint density at radius 2 is 1.95 bits per heavy atom. The summed E-state index contributed by atoms with van der Waals surface area (Å²) in [5, 5.41) is 13.0. The van der Waals surface area contributed by atoms with Crippen LogP contribution in [0.3, 0.4) is 0 Å². The summed E-state index contributed by atoms with van der Waals surface area (Å²) in [7, 11) is 1.93. The summed E-state index contributed by atoms with van der Waals surface area (Å²) in [6.45, 7) is 1.89. The third-order valence-electron chi connectivity index (χ3n) is 4.25. The molecule has 1 aromatic carbocycles. The fourth-order valence-electron chi connectivity index (χ4n) is 2.81. The standard InChI is InChI=1S/C16H24N2O2/c1-12(16(20)17-13-8-4-3-5-9-13)18(2)14-10-6-7-11-15(14)19/h3-5,8-9,12,14-15,19H,6-7,10-11H2,1-2H3,(H,17,20). The lowest BCUT2D eigenvalue weighted by molar-refractivity contribution is -0.122. The van der Waals surface area contributed by atoms with Crippen LogP contribution in [0.5, 0.6) is 0 Å². The quantitative estimate of drug-likeness (QED) is 0.887. The molecular weight excluding hydrogens is 252 g/mol. The monoisotopic (exact) mass is 276 g/mol. The number of rotatable bonds is 4. The van der Waals surface area contributed by atoms with Crippen LogP contribution in [0.25, 0.3) is 0 Å². The Morgan fingerprint density at radius 1 is 1.30 bits per heavy atom. The van der Waals surface area contributed by atoms with E-state index in [0.29, 0.717) is 0 Å². The maximum atomic E-state index is 12.3. The van der Waals surface area contributed by atoms with E-state index in [0.717, 1.165) is 31.4 Å². The molecule has 0 aliphatic heterocycles. The topological polar surface area (TPSA) is 52.6 Å². The van der Waals surface area contributed by atoms with E-state index in [2.05, 4.69) is 5.32 Å². The maximum absolute atomic E-state index is 12.3. The zero-order valence-corrected chi connectivity index (χ0v) is 12.2. The second-order valence-electron chi connectivity index (χ2n) is 5.62. The molecule has 1 amide bonds. The summed E-state index contributed by atoms with van der Waals surface area (Å²) in [5.74, 6) is -0.0310. The molecule has 0 radical (unpaired) electrons. The summed E-state index contributed by atoms with van der Waals surface area (Å²) in [5.41, 5.74) is 0.807. The molecule has 2 rings (SSSR count). The van der Waals surface area contributed by atoms with Gasteiger partial charge in [0.25, 0.3) is 0 Å². The van der Waals surface area contributed by atoms with Crippen molar-refractivity contribution >= 4 is 11.6 Å². The van der Waals surface area contributed by atoms with Gasteiger partial charge in [-0.25, -0.2) is 0 Å². The van der Waals surface area contributed by atoms with E-state index in [-0.39, 0.29) is 24.1 Å². The minimum Gasteiger partial charge on any atom is -0.391 e. The summed E-state index contributed by atoms with van der Waals surface area (Å²) in [6.07, 6.45) is 3.68. The van der Waals surface area contributed by atoms with Gasteiger partial charge in [0.2, 0.25) is 5.91 Å². The largest absolute Gasteiger partial charge is 0.391 e. The highest BCUT2D eigenvalue weighted by Crippen LogP contribution is 2.24. The number of hydrogen-bond donors (Lipinski definition) is 2. The normalized spacial score (nSPS) is 24.4. The van der Waals surface area contributed by atoms with Gasteiger partial charge in [-0.2, -0.15) is 0 Å². The molecular formula is C16H24N2O2. The molecule has 0 saturated heterocycles. The van der Waals surface area contributed by atoms with Crippen molar-refractivity contribution in [1.82, 2.24) is 4.90 Å². The molecule has 2 N–H and O–H groups in total. The van der Waals surface area contributed by atoms with Crippen molar-refractivity contribution in [2.75, 3.05) is 12.4 Å². The third kappa shape index (κ3) is 3.58. The molecule has 1 fully saturated rings. The number of aliphatic hydroxyl groups is 1. The predicted octanol–water partition coefficient (Wildman–Crippen LogP) is 2.25. The summed E-state index contributed by atoms with van der Waals surface area (Å²) < 4.78 is 0. The van der Waals surface area contributed by atoms with Crippen molar-refractivity contribution in [3.63, 3.8) is 0 Å². The van der Waals surface area contributed by atoms with Crippen LogP contribution < -0.4 is 5.32 Å². The Balaban J connectivity index is 1.95. The number of nitrogens with one attached hydrogen (secondary N) is 1. The molecule has 0 bridgehead atoms. The van der Waals surface area contributed by atoms with E-state index in [9.17, 15) is 9.90 Å². The summed E-state index contributed by atoms with van der Waals surface area (Å²) in [4.78, 5) is 14.3. The fourth-order valence-corrected chi connectivity index (χ4v) is 2.81. The number of likely N-dealkylation sites (N-methyl/N-ethyl adjacent to an activating group) is 1. The van der Waals surface area contributed by atoms with Gasteiger partial charge in [-0.05, 0) is 38.9 Å². The Labute approximate surface area is 120 Å². The van der Waals surface area contributed by atoms with Gasteiger partial charge in [0.1, 0.15) is 0 Å². The lowest BCUT2D eigenvalue weighted by Crippen LogP contribution is -2.51. The number of carbonyl (C=O) groups is 1. The number of anilines is 1. The van der Waals surface area contributed by atoms with Crippen LogP contribution in [0.1, 0.15) is 32.6 Å². The van der Waals surface area contributed by atoms with E-state index in [1.165, 1.54) is 0 Å². The molecule has 1 saturated carbocycles. The van der Waals surface area contributed by atoms with Crippen LogP contribution in [0, 0.1) is 0 Å². The second kappa shape index (κ2) is 6.86. The molecule has 1 aliphatic rings. The number of carbonyl (C=O) groups excluding carboxylic acids is 1. The minimum atomic E-state index is -0.319. The van der Waals surface area contributed by atoms with Crippen LogP contribution >= 0.6 is 0 Å². The van der Waals surface area contributed by atoms with E-state index in [1.807, 2.05) is 49.2 Å². The molecule has 4 nitrogen and oxygen atoms in total. The number of hydrogen-bond acceptors (Lipinski definition) is 3. The third-order valence-corrected chi connectivity index (χ3v) is 4.25. The molecule has 110 valence electrons. The lowest BCUT2D eigenvalue weighted by Gasteiger charge is -2.38. The number of benzene rings is 1. The van der Waals surface area contributed by atoms with Gasteiger partial charge >= 0.3 is 0 Å². The second-order valence-corrected chi connectivity index (χ2v) is 5.62. The predicted molar refractivity (Wildman–Crippen MR) is 80.6 cm³/mol. The van der Waals surface area contributed by atoms with Crippen molar-refractivity contribution in [3.8, 4) is 0 Å². The van der Waals surface area contributed by atoms with Crippen molar-refractivity contribution in [2.45, 2.75) is 50.8 Å². The zero-order valence-electron chi connectivity index (χ0n) is 12.2. The highest BCUT2D eigenvalue weighted by Gasteiger charge is 2.31. The van der Waals surface area contributed by atoms with Gasteiger partial charge in [-0.1, -0.05) is 31.0 Å². The lowest BCUT2D eigenvalue weighted by atomic mass is 9.91. The smallest absolute Gasteiger partial charge is 0.241 e. The number of para-hydroxylation sites is 1. The molecule has 3 atom stereocenters. The van der Waals surface area contributed by atoms with Gasteiger partial charge in [0.05, 0.1) is 12.1 Å². The molecule has 20 heavy (non-hydrogen) atoms. The van der Waals surface area contributed by atoms with E-state index < -0.39 is 0 Å². The first-order chi connectivity index (χ1) is 9.59. The first-order valence-corrected chi connectivity index (χ1v) is 7.35. The van der Waals surface area contributed by atoms with Crippen molar-refractivity contribution in [1.29, 1.82) is 0 Å². The summed E-state index contributed by atoms with van der Waals surface area (Å²) >= 11 is 0. The van der Waals surface area contributed by atoms with Crippen LogP contribution in [-0.2, 0) is 4.79 Å². The van der Waals surface area contributed by atoms with Crippen LogP contribution in [0.2, 0.25) is 0 Å². The first kappa shape index (κ1) is 15.0. The molecule has 4 heteroatoms. The Bertz CT molecular complexity index is 435. The van der Waals surface area contributed by atoms with E-state index in [1.54, 1.807) is 0 Å². The van der Waals surface area contributed by atoms with Crippen LogP contribution in [-0.4, -0.2) is 41.1 Å². The van der Waals surface area contributed by atoms with Gasteiger partial charge in [0, 0.05) is 11.7 Å². The fraction of sp³-hybridized carbons (Fsp3) is 0.562. The van der Waals surface area contributed by atoms with Crippen molar-refractivity contribution < 1.29 is 9.90 Å². The SMILES string of the molecule is CC(C(=O)Nc1ccccc1)N(C)C1CCCCC1O. The number of nitrogens with zero attached hydrogens (tertiary/aromatic N) is 1. The average Bonchev–Trinajstić information content (AvgIpc) is 2.47. The van der Waals surface area contributed by atoms with E-state index >= 15 is 0 Å². The maximum Gasteiger partial charge on any atom is 0.241 e. The Kier molecular flexibility index (Phi) is 5.15. The number of amides is 1. The van der Waals surface area contributed by atoms with Crippen LogP contribution in [0.15, 0.2) is 30.3 Å². The summed E-state index contributed by atoms with van der Waals surface area (Å²) in [6, 6.07) is 9.29. The van der Waals surface area contributed by atoms with E-state index in [4.69, 9.17) is 0 Å². The zero-order chi connectivity index (χ0) is 14.5. The highest BCUT2D eigenvalue weighted by atomic mass is 16.3. The highest BCUT2D eigenvalue weighted by molar-refractivity contribution is 5.94. The average molecular weight is 276 g/mol. The molecule has 0 aromatic heterocycles. The Morgan fingerprint density at radius 3 is 2.60 bits per heavy atom. The van der Waals surface area contributed by atoms with Gasteiger partial charge in [-0.3, -0.25) is 9.69 Å². The molecule has 1 aliphatic carbocycles. The van der Waals surface area contributed by atoms with Crippen molar-refractivity contribution in [2.24, 2.45) is 0 Å². The van der Waals surface area contributed by atoms with Gasteiger partial charge < -0.3 is 10.4 Å². The van der Waals surface area contributed by atoms with Crippen LogP contribution in [0.4, 0.5) is 5.69 Å². The molecule has 3 unspecified atom stereocenters. The first-order valence-electron chi connectivity index (χ1n) is 7.35. The minimum absolute atomic E-state index is 0.0310. The number of aliphatic hydroxyl groups excluding tert-OH is 1. The van der Waals surface area contributed by atoms with Gasteiger partial charge in [0.15, 0.2) is 0 Å². The molecule has 1 aromatic rings. The van der Waals surface area contributed by atoms with Gasteiger partial charge in [-0.15, -0.1) is 0 Å². The molecule has 0 heterocycles.